The Hall–Kier alpha value is -0.360. The molecule has 1 amide bonds. The molecule has 15 heavy (non-hydrogen) atoms. The summed E-state index contributed by atoms with van der Waals surface area (Å²) in [7, 11) is 3.35. The summed E-state index contributed by atoms with van der Waals surface area (Å²) in [6.45, 7) is 1.63. The van der Waals surface area contributed by atoms with Crippen LogP contribution in [0.4, 0.5) is 0 Å². The number of amides is 1. The molecule has 1 heterocycles. The highest BCUT2D eigenvalue weighted by Crippen LogP contribution is 2.08. The van der Waals surface area contributed by atoms with E-state index in [4.69, 9.17) is 4.74 Å². The Bertz CT molecular complexity index is 204. The number of aliphatic hydroxyl groups is 1. The van der Waals surface area contributed by atoms with Crippen LogP contribution in [0.3, 0.4) is 0 Å². The Morgan fingerprint density at radius 3 is 2.80 bits per heavy atom. The van der Waals surface area contributed by atoms with Crippen molar-refractivity contribution in [1.29, 1.82) is 0 Å². The fourth-order valence-corrected chi connectivity index (χ4v) is 1.51. The number of carbonyl (C=O) groups is 1. The number of nitrogens with one attached hydrogen (secondary N) is 1. The molecule has 0 saturated carbocycles. The molecular weight excluding hydrogens is 220 g/mol. The quantitative estimate of drug-likeness (QED) is 0.676. The maximum atomic E-state index is 11.7. The highest BCUT2D eigenvalue weighted by molar-refractivity contribution is 5.85. The van der Waals surface area contributed by atoms with E-state index in [9.17, 15) is 9.90 Å². The van der Waals surface area contributed by atoms with Crippen molar-refractivity contribution in [3.63, 3.8) is 0 Å². The third-order valence-corrected chi connectivity index (χ3v) is 2.41. The Kier molecular flexibility index (Phi) is 6.84. The average molecular weight is 239 g/mol. The number of ether oxygens (including phenoxy) is 1. The van der Waals surface area contributed by atoms with E-state index in [2.05, 4.69) is 5.32 Å². The normalized spacial score (nSPS) is 24.7. The molecular formula is C9H19ClN2O3. The van der Waals surface area contributed by atoms with Gasteiger partial charge in [0.25, 0.3) is 0 Å². The Balaban J connectivity index is 0.00000196. The molecule has 1 fully saturated rings. The van der Waals surface area contributed by atoms with E-state index in [1.165, 1.54) is 0 Å². The zero-order chi connectivity index (χ0) is 10.6. The van der Waals surface area contributed by atoms with Gasteiger partial charge in [-0.05, 0) is 6.42 Å². The molecule has 1 aliphatic heterocycles. The fraction of sp³-hybridized carbons (Fsp3) is 0.889. The minimum absolute atomic E-state index is 0. The molecule has 0 aromatic heterocycles. The number of nitrogens with zero attached hydrogens (tertiary/aromatic N) is 1. The molecule has 0 spiro atoms. The van der Waals surface area contributed by atoms with E-state index in [0.717, 1.165) is 0 Å². The zero-order valence-corrected chi connectivity index (χ0v) is 9.92. The van der Waals surface area contributed by atoms with Gasteiger partial charge in [-0.2, -0.15) is 0 Å². The van der Waals surface area contributed by atoms with Crippen molar-refractivity contribution in [3.8, 4) is 0 Å². The monoisotopic (exact) mass is 238 g/mol. The molecule has 1 rings (SSSR count). The van der Waals surface area contributed by atoms with Gasteiger partial charge in [0.15, 0.2) is 0 Å². The van der Waals surface area contributed by atoms with Crippen molar-refractivity contribution in [1.82, 2.24) is 10.2 Å². The number of rotatable bonds is 4. The SMILES string of the molecule is COCCN(C)C(=O)C1CC(O)CN1.Cl. The van der Waals surface area contributed by atoms with Crippen LogP contribution in [0.15, 0.2) is 0 Å². The van der Waals surface area contributed by atoms with Crippen LogP contribution in [0, 0.1) is 0 Å². The summed E-state index contributed by atoms with van der Waals surface area (Å²) in [5.74, 6) is 0.0265. The highest BCUT2D eigenvalue weighted by atomic mass is 35.5. The molecule has 0 aromatic carbocycles. The lowest BCUT2D eigenvalue weighted by Crippen LogP contribution is -2.42. The number of halogens is 1. The van der Waals surface area contributed by atoms with Crippen LogP contribution in [0.2, 0.25) is 0 Å². The first kappa shape index (κ1) is 14.6. The second-order valence-corrected chi connectivity index (χ2v) is 3.60. The summed E-state index contributed by atoms with van der Waals surface area (Å²) in [6.07, 6.45) is 0.121. The van der Waals surface area contributed by atoms with Gasteiger partial charge in [0.1, 0.15) is 0 Å². The van der Waals surface area contributed by atoms with Crippen LogP contribution in [0.1, 0.15) is 6.42 Å². The van der Waals surface area contributed by atoms with E-state index in [1.807, 2.05) is 0 Å². The highest BCUT2D eigenvalue weighted by Gasteiger charge is 2.29. The summed E-state index contributed by atoms with van der Waals surface area (Å²) in [5.41, 5.74) is 0. The van der Waals surface area contributed by atoms with Gasteiger partial charge in [0.05, 0.1) is 18.8 Å². The van der Waals surface area contributed by atoms with Gasteiger partial charge in [0, 0.05) is 27.2 Å². The molecule has 0 radical (unpaired) electrons. The van der Waals surface area contributed by atoms with Crippen LogP contribution in [0.25, 0.3) is 0 Å². The molecule has 2 atom stereocenters. The van der Waals surface area contributed by atoms with Crippen LogP contribution < -0.4 is 5.32 Å². The van der Waals surface area contributed by atoms with E-state index < -0.39 is 0 Å². The van der Waals surface area contributed by atoms with E-state index in [-0.39, 0.29) is 30.5 Å². The van der Waals surface area contributed by atoms with Gasteiger partial charge in [0.2, 0.25) is 5.91 Å². The van der Waals surface area contributed by atoms with Crippen LogP contribution in [0.5, 0.6) is 0 Å². The standard InChI is InChI=1S/C9H18N2O3.ClH/c1-11(3-4-14-2)9(13)8-5-7(12)6-10-8;/h7-8,10,12H,3-6H2,1-2H3;1H. The van der Waals surface area contributed by atoms with Gasteiger partial charge in [-0.1, -0.05) is 0 Å². The van der Waals surface area contributed by atoms with Gasteiger partial charge >= 0.3 is 0 Å². The first-order valence-corrected chi connectivity index (χ1v) is 4.80. The first-order chi connectivity index (χ1) is 6.65. The first-order valence-electron chi connectivity index (χ1n) is 4.80. The lowest BCUT2D eigenvalue weighted by Gasteiger charge is -2.20. The largest absolute Gasteiger partial charge is 0.392 e. The van der Waals surface area contributed by atoms with Crippen molar-refractivity contribution < 1.29 is 14.6 Å². The summed E-state index contributed by atoms with van der Waals surface area (Å²) in [6, 6.07) is -0.230. The Morgan fingerprint density at radius 1 is 1.67 bits per heavy atom. The summed E-state index contributed by atoms with van der Waals surface area (Å²) >= 11 is 0. The third kappa shape index (κ3) is 4.34. The van der Waals surface area contributed by atoms with Crippen molar-refractivity contribution in [2.45, 2.75) is 18.6 Å². The van der Waals surface area contributed by atoms with Gasteiger partial charge in [-0.3, -0.25) is 4.79 Å². The number of methoxy groups -OCH3 is 1. The van der Waals surface area contributed by atoms with Crippen LogP contribution in [-0.4, -0.2) is 61.9 Å². The minimum Gasteiger partial charge on any atom is -0.392 e. The lowest BCUT2D eigenvalue weighted by atomic mass is 10.2. The number of hydrogen-bond donors (Lipinski definition) is 2. The predicted octanol–water partition coefficient (Wildman–Crippen LogP) is -0.764. The van der Waals surface area contributed by atoms with E-state index >= 15 is 0 Å². The van der Waals surface area contributed by atoms with Crippen molar-refractivity contribution in [2.75, 3.05) is 33.9 Å². The third-order valence-electron chi connectivity index (χ3n) is 2.41. The van der Waals surface area contributed by atoms with E-state index in [1.54, 1.807) is 19.1 Å². The number of likely N-dealkylation sites (N-methyl/N-ethyl adjacent to an activating group) is 1. The van der Waals surface area contributed by atoms with Crippen molar-refractivity contribution >= 4 is 18.3 Å². The number of β-amino-alcohol motifs (C(OH)–C–C–N with tert-alkyl or cyclic N) is 1. The number of hydrogen-bond acceptors (Lipinski definition) is 4. The minimum atomic E-state index is -0.389. The summed E-state index contributed by atoms with van der Waals surface area (Å²) < 4.78 is 4.88. The van der Waals surface area contributed by atoms with Crippen LogP contribution in [-0.2, 0) is 9.53 Å². The molecule has 5 nitrogen and oxygen atoms in total. The van der Waals surface area contributed by atoms with Crippen molar-refractivity contribution in [3.05, 3.63) is 0 Å². The average Bonchev–Trinajstić information content (AvgIpc) is 2.60. The second kappa shape index (κ2) is 7.00. The van der Waals surface area contributed by atoms with Gasteiger partial charge in [-0.25, -0.2) is 0 Å². The summed E-state index contributed by atoms with van der Waals surface area (Å²) in [5, 5.41) is 12.2. The van der Waals surface area contributed by atoms with Gasteiger partial charge in [-0.15, -0.1) is 12.4 Å². The topological polar surface area (TPSA) is 61.8 Å². The van der Waals surface area contributed by atoms with E-state index in [0.29, 0.717) is 26.1 Å². The molecule has 1 aliphatic rings. The molecule has 0 aliphatic carbocycles. The molecule has 2 unspecified atom stereocenters. The smallest absolute Gasteiger partial charge is 0.239 e. The Morgan fingerprint density at radius 2 is 2.33 bits per heavy atom. The Labute approximate surface area is 96.2 Å². The van der Waals surface area contributed by atoms with Crippen molar-refractivity contribution in [2.24, 2.45) is 0 Å². The zero-order valence-electron chi connectivity index (χ0n) is 9.10. The molecule has 90 valence electrons. The number of carbonyl (C=O) groups excluding carboxylic acids is 1. The molecule has 0 bridgehead atoms. The predicted molar refractivity (Wildman–Crippen MR) is 59.2 cm³/mol. The molecule has 0 aromatic rings. The summed E-state index contributed by atoms with van der Waals surface area (Å²) in [4.78, 5) is 13.3. The molecule has 6 heteroatoms. The lowest BCUT2D eigenvalue weighted by molar-refractivity contribution is -0.132. The van der Waals surface area contributed by atoms with Gasteiger partial charge < -0.3 is 20.1 Å². The fourth-order valence-electron chi connectivity index (χ4n) is 1.51. The maximum Gasteiger partial charge on any atom is 0.239 e. The molecule has 2 N–H and O–H groups in total. The second-order valence-electron chi connectivity index (χ2n) is 3.60. The molecule has 1 saturated heterocycles. The maximum absolute atomic E-state index is 11.7. The number of aliphatic hydroxyl groups excluding tert-OH is 1. The van der Waals surface area contributed by atoms with Crippen LogP contribution >= 0.6 is 12.4 Å².